The highest BCUT2D eigenvalue weighted by Gasteiger charge is 2.23. The number of fused-ring (bicyclic) bond motifs is 1. The van der Waals surface area contributed by atoms with Crippen LogP contribution < -0.4 is 0 Å². The van der Waals surface area contributed by atoms with Crippen LogP contribution in [0.1, 0.15) is 24.6 Å². The first-order chi connectivity index (χ1) is 8.66. The number of nitrogens with zero attached hydrogens (tertiary/aromatic N) is 2. The molecule has 1 atom stereocenters. The molecule has 94 valence electrons. The maximum absolute atomic E-state index is 4.74. The molecule has 2 aromatic rings. The molecular weight excluding hydrogens is 288 g/mol. The summed E-state index contributed by atoms with van der Waals surface area (Å²) in [6.45, 7) is 5.55. The van der Waals surface area contributed by atoms with Gasteiger partial charge in [-0.25, -0.2) is 4.98 Å². The predicted molar refractivity (Wildman–Crippen MR) is 77.6 cm³/mol. The molecule has 1 aliphatic heterocycles. The van der Waals surface area contributed by atoms with Crippen LogP contribution in [0, 0.1) is 12.8 Å². The average Bonchev–Trinajstić information content (AvgIpc) is 2.67. The second kappa shape index (κ2) is 4.54. The third-order valence-corrected chi connectivity index (χ3v) is 4.43. The van der Waals surface area contributed by atoms with Gasteiger partial charge in [-0.05, 0) is 47.2 Å². The van der Waals surface area contributed by atoms with Gasteiger partial charge in [0.2, 0.25) is 0 Å². The number of aryl methyl sites for hydroxylation is 1. The first-order valence-electron chi connectivity index (χ1n) is 6.47. The minimum Gasteiger partial charge on any atom is -0.327 e. The Morgan fingerprint density at radius 3 is 2.89 bits per heavy atom. The van der Waals surface area contributed by atoms with Gasteiger partial charge < -0.3 is 4.57 Å². The molecule has 1 aromatic heterocycles. The van der Waals surface area contributed by atoms with E-state index in [1.165, 1.54) is 23.2 Å². The van der Waals surface area contributed by atoms with Crippen molar-refractivity contribution in [3.8, 4) is 11.4 Å². The quantitative estimate of drug-likeness (QED) is 0.772. The molecule has 2 nitrogen and oxygen atoms in total. The lowest BCUT2D eigenvalue weighted by atomic mass is 9.98. The number of imidazole rings is 1. The summed E-state index contributed by atoms with van der Waals surface area (Å²) in [5, 5.41) is 0. The van der Waals surface area contributed by atoms with Gasteiger partial charge in [0.1, 0.15) is 10.4 Å². The fraction of sp³-hybridized carbons (Fsp3) is 0.400. The zero-order valence-corrected chi connectivity index (χ0v) is 12.4. The molecule has 0 N–H and O–H groups in total. The summed E-state index contributed by atoms with van der Waals surface area (Å²) in [6.07, 6.45) is 2.37. The van der Waals surface area contributed by atoms with E-state index in [9.17, 15) is 0 Å². The van der Waals surface area contributed by atoms with E-state index in [2.05, 4.69) is 58.6 Å². The number of aromatic nitrogens is 2. The van der Waals surface area contributed by atoms with E-state index in [0.717, 1.165) is 29.3 Å². The number of hydrogen-bond acceptors (Lipinski definition) is 1. The number of hydrogen-bond donors (Lipinski definition) is 0. The van der Waals surface area contributed by atoms with Crippen molar-refractivity contribution in [3.63, 3.8) is 0 Å². The SMILES string of the molecule is Cc1ccccc1-c1nc(Br)c2n1CCC(C)C2. The van der Waals surface area contributed by atoms with E-state index >= 15 is 0 Å². The molecule has 3 heteroatoms. The van der Waals surface area contributed by atoms with Crippen LogP contribution in [0.2, 0.25) is 0 Å². The first kappa shape index (κ1) is 12.0. The van der Waals surface area contributed by atoms with E-state index in [0.29, 0.717) is 0 Å². The van der Waals surface area contributed by atoms with Gasteiger partial charge in [0.25, 0.3) is 0 Å². The van der Waals surface area contributed by atoms with Crippen LogP contribution in [0.25, 0.3) is 11.4 Å². The van der Waals surface area contributed by atoms with Gasteiger partial charge in [-0.15, -0.1) is 0 Å². The van der Waals surface area contributed by atoms with E-state index < -0.39 is 0 Å². The topological polar surface area (TPSA) is 17.8 Å². The largest absolute Gasteiger partial charge is 0.327 e. The van der Waals surface area contributed by atoms with E-state index in [1.807, 2.05) is 0 Å². The molecule has 0 bridgehead atoms. The van der Waals surface area contributed by atoms with Crippen molar-refractivity contribution in [1.82, 2.24) is 9.55 Å². The molecule has 0 amide bonds. The van der Waals surface area contributed by atoms with Crippen molar-refractivity contribution < 1.29 is 0 Å². The van der Waals surface area contributed by atoms with Crippen LogP contribution in [0.3, 0.4) is 0 Å². The van der Waals surface area contributed by atoms with Crippen molar-refractivity contribution in [2.24, 2.45) is 5.92 Å². The molecule has 0 radical (unpaired) electrons. The maximum Gasteiger partial charge on any atom is 0.141 e. The van der Waals surface area contributed by atoms with Gasteiger partial charge in [0.05, 0.1) is 5.69 Å². The van der Waals surface area contributed by atoms with Crippen molar-refractivity contribution in [2.75, 3.05) is 0 Å². The van der Waals surface area contributed by atoms with E-state index in [4.69, 9.17) is 4.98 Å². The molecular formula is C15H17BrN2. The number of benzene rings is 1. The van der Waals surface area contributed by atoms with Crippen molar-refractivity contribution >= 4 is 15.9 Å². The Morgan fingerprint density at radius 2 is 2.11 bits per heavy atom. The fourth-order valence-corrected chi connectivity index (χ4v) is 3.25. The van der Waals surface area contributed by atoms with Crippen molar-refractivity contribution in [1.29, 1.82) is 0 Å². The monoisotopic (exact) mass is 304 g/mol. The van der Waals surface area contributed by atoms with Gasteiger partial charge in [-0.1, -0.05) is 31.2 Å². The van der Waals surface area contributed by atoms with Crippen LogP contribution in [0.4, 0.5) is 0 Å². The molecule has 18 heavy (non-hydrogen) atoms. The fourth-order valence-electron chi connectivity index (χ4n) is 2.70. The molecule has 1 aromatic carbocycles. The van der Waals surface area contributed by atoms with Crippen LogP contribution in [-0.4, -0.2) is 9.55 Å². The van der Waals surface area contributed by atoms with Crippen LogP contribution in [-0.2, 0) is 13.0 Å². The Bertz CT molecular complexity index is 586. The van der Waals surface area contributed by atoms with Gasteiger partial charge >= 0.3 is 0 Å². The summed E-state index contributed by atoms with van der Waals surface area (Å²) in [4.78, 5) is 4.74. The Balaban J connectivity index is 2.15. The summed E-state index contributed by atoms with van der Waals surface area (Å²) in [6, 6.07) is 8.48. The van der Waals surface area contributed by atoms with Gasteiger partial charge in [0, 0.05) is 12.1 Å². The minimum absolute atomic E-state index is 0.759. The Morgan fingerprint density at radius 1 is 1.33 bits per heavy atom. The molecule has 0 saturated heterocycles. The van der Waals surface area contributed by atoms with Crippen LogP contribution in [0.15, 0.2) is 28.9 Å². The highest BCUT2D eigenvalue weighted by Crippen LogP contribution is 2.33. The second-order valence-corrected chi connectivity index (χ2v) is 5.99. The lowest BCUT2D eigenvalue weighted by Crippen LogP contribution is -2.17. The standard InChI is InChI=1S/C15H17BrN2/c1-10-7-8-18-13(9-10)14(16)17-15(18)12-6-4-3-5-11(12)2/h3-6,10H,7-9H2,1-2H3. The molecule has 2 heterocycles. The highest BCUT2D eigenvalue weighted by molar-refractivity contribution is 9.10. The third-order valence-electron chi connectivity index (χ3n) is 3.80. The number of halogens is 1. The lowest BCUT2D eigenvalue weighted by Gasteiger charge is -2.22. The third kappa shape index (κ3) is 1.91. The molecule has 3 rings (SSSR count). The molecule has 0 fully saturated rings. The molecule has 1 aliphatic rings. The zero-order chi connectivity index (χ0) is 12.7. The molecule has 0 spiro atoms. The molecule has 0 aliphatic carbocycles. The van der Waals surface area contributed by atoms with Gasteiger partial charge in [-0.3, -0.25) is 0 Å². The highest BCUT2D eigenvalue weighted by atomic mass is 79.9. The molecule has 0 saturated carbocycles. The Hall–Kier alpha value is -1.09. The van der Waals surface area contributed by atoms with Crippen LogP contribution >= 0.6 is 15.9 Å². The zero-order valence-electron chi connectivity index (χ0n) is 10.8. The normalized spacial score (nSPS) is 18.7. The van der Waals surface area contributed by atoms with Gasteiger partial charge in [-0.2, -0.15) is 0 Å². The molecule has 1 unspecified atom stereocenters. The van der Waals surface area contributed by atoms with E-state index in [-0.39, 0.29) is 0 Å². The van der Waals surface area contributed by atoms with Crippen molar-refractivity contribution in [2.45, 2.75) is 33.2 Å². The average molecular weight is 305 g/mol. The smallest absolute Gasteiger partial charge is 0.141 e. The summed E-state index contributed by atoms with van der Waals surface area (Å²) >= 11 is 3.62. The number of rotatable bonds is 1. The Labute approximate surface area is 116 Å². The first-order valence-corrected chi connectivity index (χ1v) is 7.27. The van der Waals surface area contributed by atoms with E-state index in [1.54, 1.807) is 0 Å². The van der Waals surface area contributed by atoms with Crippen LogP contribution in [0.5, 0.6) is 0 Å². The lowest BCUT2D eigenvalue weighted by molar-refractivity contribution is 0.418. The summed E-state index contributed by atoms with van der Waals surface area (Å²) in [7, 11) is 0. The maximum atomic E-state index is 4.74. The Kier molecular flexibility index (Phi) is 3.02. The predicted octanol–water partition coefficient (Wildman–Crippen LogP) is 4.20. The van der Waals surface area contributed by atoms with Crippen molar-refractivity contribution in [3.05, 3.63) is 40.1 Å². The minimum atomic E-state index is 0.759. The summed E-state index contributed by atoms with van der Waals surface area (Å²) < 4.78 is 3.40. The summed E-state index contributed by atoms with van der Waals surface area (Å²) in [5.41, 5.74) is 3.89. The van der Waals surface area contributed by atoms with Gasteiger partial charge in [0.15, 0.2) is 0 Å². The second-order valence-electron chi connectivity index (χ2n) is 5.24. The summed E-state index contributed by atoms with van der Waals surface area (Å²) in [5.74, 6) is 1.87.